The topological polar surface area (TPSA) is 59.4 Å². The van der Waals surface area contributed by atoms with Gasteiger partial charge in [0.2, 0.25) is 5.91 Å². The number of methoxy groups -OCH3 is 1. The molecule has 0 aliphatic rings. The SMILES string of the molecule is CNC(C(=O)N(C)Cc1ccc2cc(OC)ccc2c1)c1cnn(C)c1. The predicted molar refractivity (Wildman–Crippen MR) is 102 cm³/mol. The zero-order chi connectivity index (χ0) is 18.7. The molecule has 1 heterocycles. The van der Waals surface area contributed by atoms with Crippen molar-refractivity contribution in [2.75, 3.05) is 21.2 Å². The lowest BCUT2D eigenvalue weighted by Crippen LogP contribution is -2.37. The van der Waals surface area contributed by atoms with Crippen molar-refractivity contribution in [3.63, 3.8) is 0 Å². The van der Waals surface area contributed by atoms with Gasteiger partial charge in [-0.15, -0.1) is 0 Å². The number of benzene rings is 2. The zero-order valence-corrected chi connectivity index (χ0v) is 15.6. The van der Waals surface area contributed by atoms with Gasteiger partial charge in [-0.05, 0) is 41.6 Å². The van der Waals surface area contributed by atoms with Crippen LogP contribution in [0.3, 0.4) is 0 Å². The summed E-state index contributed by atoms with van der Waals surface area (Å²) in [6.07, 6.45) is 3.58. The number of hydrogen-bond acceptors (Lipinski definition) is 4. The first-order valence-corrected chi connectivity index (χ1v) is 8.49. The number of likely N-dealkylation sites (N-methyl/N-ethyl adjacent to an activating group) is 2. The highest BCUT2D eigenvalue weighted by atomic mass is 16.5. The van der Waals surface area contributed by atoms with E-state index in [2.05, 4.69) is 22.5 Å². The van der Waals surface area contributed by atoms with Crippen molar-refractivity contribution in [2.45, 2.75) is 12.6 Å². The number of carbonyl (C=O) groups excluding carboxylic acids is 1. The van der Waals surface area contributed by atoms with E-state index in [-0.39, 0.29) is 5.91 Å². The van der Waals surface area contributed by atoms with Crippen molar-refractivity contribution >= 4 is 16.7 Å². The van der Waals surface area contributed by atoms with E-state index < -0.39 is 6.04 Å². The van der Waals surface area contributed by atoms with Gasteiger partial charge in [0.1, 0.15) is 11.8 Å². The van der Waals surface area contributed by atoms with Crippen LogP contribution < -0.4 is 10.1 Å². The number of aromatic nitrogens is 2. The summed E-state index contributed by atoms with van der Waals surface area (Å²) < 4.78 is 6.96. The smallest absolute Gasteiger partial charge is 0.244 e. The number of fused-ring (bicyclic) bond motifs is 1. The molecular formula is C20H24N4O2. The molecule has 3 rings (SSSR count). The van der Waals surface area contributed by atoms with Crippen LogP contribution in [0.25, 0.3) is 10.8 Å². The molecule has 3 aromatic rings. The molecule has 0 aliphatic carbocycles. The summed E-state index contributed by atoms with van der Waals surface area (Å²) in [6.45, 7) is 0.541. The lowest BCUT2D eigenvalue weighted by molar-refractivity contribution is -0.132. The van der Waals surface area contributed by atoms with Gasteiger partial charge in [0.05, 0.1) is 13.3 Å². The monoisotopic (exact) mass is 352 g/mol. The van der Waals surface area contributed by atoms with Gasteiger partial charge in [0, 0.05) is 32.4 Å². The molecule has 0 fully saturated rings. The summed E-state index contributed by atoms with van der Waals surface area (Å²) in [5, 5.41) is 9.48. The van der Waals surface area contributed by atoms with E-state index in [1.54, 1.807) is 29.9 Å². The summed E-state index contributed by atoms with van der Waals surface area (Å²) >= 11 is 0. The zero-order valence-electron chi connectivity index (χ0n) is 15.6. The molecule has 1 aromatic heterocycles. The second kappa shape index (κ2) is 7.58. The standard InChI is InChI=1S/C20H24N4O2/c1-21-19(17-11-22-24(3)13-17)20(25)23(2)12-14-5-6-16-10-18(26-4)8-7-15(16)9-14/h5-11,13,19,21H,12H2,1-4H3. The van der Waals surface area contributed by atoms with Gasteiger partial charge in [-0.25, -0.2) is 0 Å². The Morgan fingerprint density at radius 2 is 2.00 bits per heavy atom. The molecule has 6 nitrogen and oxygen atoms in total. The Kier molecular flexibility index (Phi) is 5.23. The number of nitrogens with zero attached hydrogens (tertiary/aromatic N) is 3. The summed E-state index contributed by atoms with van der Waals surface area (Å²) in [5.74, 6) is 0.848. The third-order valence-corrected chi connectivity index (χ3v) is 4.50. The van der Waals surface area contributed by atoms with Gasteiger partial charge >= 0.3 is 0 Å². The molecule has 26 heavy (non-hydrogen) atoms. The van der Waals surface area contributed by atoms with Crippen LogP contribution in [-0.2, 0) is 18.4 Å². The first-order chi connectivity index (χ1) is 12.5. The van der Waals surface area contributed by atoms with E-state index >= 15 is 0 Å². The van der Waals surface area contributed by atoms with Gasteiger partial charge in [0.15, 0.2) is 0 Å². The molecule has 136 valence electrons. The van der Waals surface area contributed by atoms with E-state index in [1.165, 1.54) is 0 Å². The van der Waals surface area contributed by atoms with Crippen molar-refractivity contribution in [3.05, 3.63) is 59.9 Å². The Hall–Kier alpha value is -2.86. The molecule has 0 saturated heterocycles. The molecule has 0 radical (unpaired) electrons. The first kappa shape index (κ1) is 17.9. The molecule has 1 amide bonds. The quantitative estimate of drug-likeness (QED) is 0.740. The number of nitrogens with one attached hydrogen (secondary N) is 1. The van der Waals surface area contributed by atoms with Crippen LogP contribution in [-0.4, -0.2) is 41.8 Å². The largest absolute Gasteiger partial charge is 0.497 e. The number of aryl methyl sites for hydroxylation is 1. The fraction of sp³-hybridized carbons (Fsp3) is 0.300. The molecular weight excluding hydrogens is 328 g/mol. The second-order valence-electron chi connectivity index (χ2n) is 6.41. The van der Waals surface area contributed by atoms with E-state index in [0.717, 1.165) is 27.6 Å². The van der Waals surface area contributed by atoms with Crippen LogP contribution in [0, 0.1) is 0 Å². The minimum Gasteiger partial charge on any atom is -0.497 e. The summed E-state index contributed by atoms with van der Waals surface area (Å²) in [7, 11) is 7.11. The van der Waals surface area contributed by atoms with Crippen LogP contribution in [0.4, 0.5) is 0 Å². The lowest BCUT2D eigenvalue weighted by atomic mass is 10.1. The normalized spacial score (nSPS) is 12.2. The van der Waals surface area contributed by atoms with Gasteiger partial charge in [0.25, 0.3) is 0 Å². The van der Waals surface area contributed by atoms with Crippen LogP contribution >= 0.6 is 0 Å². The van der Waals surface area contributed by atoms with Crippen LogP contribution in [0.2, 0.25) is 0 Å². The van der Waals surface area contributed by atoms with Gasteiger partial charge < -0.3 is 15.0 Å². The highest BCUT2D eigenvalue weighted by molar-refractivity contribution is 5.85. The average Bonchev–Trinajstić information content (AvgIpc) is 3.07. The van der Waals surface area contributed by atoms with Gasteiger partial charge in [-0.2, -0.15) is 5.10 Å². The van der Waals surface area contributed by atoms with Crippen molar-refractivity contribution < 1.29 is 9.53 Å². The minimum absolute atomic E-state index is 0.00956. The molecule has 6 heteroatoms. The molecule has 1 atom stereocenters. The maximum absolute atomic E-state index is 12.8. The molecule has 0 bridgehead atoms. The van der Waals surface area contributed by atoms with Crippen LogP contribution in [0.15, 0.2) is 48.8 Å². The minimum atomic E-state index is -0.404. The van der Waals surface area contributed by atoms with E-state index in [9.17, 15) is 4.79 Å². The van der Waals surface area contributed by atoms with E-state index in [1.807, 2.05) is 44.6 Å². The predicted octanol–water partition coefficient (Wildman–Crippen LogP) is 2.50. The van der Waals surface area contributed by atoms with Gasteiger partial charge in [-0.1, -0.05) is 18.2 Å². The third kappa shape index (κ3) is 3.70. The third-order valence-electron chi connectivity index (χ3n) is 4.50. The summed E-state index contributed by atoms with van der Waals surface area (Å²) in [6, 6.07) is 11.8. The Morgan fingerprint density at radius 1 is 1.27 bits per heavy atom. The fourth-order valence-corrected chi connectivity index (χ4v) is 3.09. The maximum Gasteiger partial charge on any atom is 0.244 e. The van der Waals surface area contributed by atoms with E-state index in [0.29, 0.717) is 6.54 Å². The highest BCUT2D eigenvalue weighted by Gasteiger charge is 2.23. The Morgan fingerprint density at radius 3 is 2.65 bits per heavy atom. The van der Waals surface area contributed by atoms with Crippen molar-refractivity contribution in [2.24, 2.45) is 7.05 Å². The Balaban J connectivity index is 1.76. The number of ether oxygens (including phenoxy) is 1. The van der Waals surface area contributed by atoms with Gasteiger partial charge in [-0.3, -0.25) is 9.48 Å². The highest BCUT2D eigenvalue weighted by Crippen LogP contribution is 2.23. The molecule has 0 spiro atoms. The Bertz CT molecular complexity index is 919. The number of amides is 1. The molecule has 0 aliphatic heterocycles. The molecule has 2 aromatic carbocycles. The Labute approximate surface area is 153 Å². The lowest BCUT2D eigenvalue weighted by Gasteiger charge is -2.23. The summed E-state index contributed by atoms with van der Waals surface area (Å²) in [4.78, 5) is 14.6. The van der Waals surface area contributed by atoms with Crippen LogP contribution in [0.1, 0.15) is 17.2 Å². The average molecular weight is 352 g/mol. The number of carbonyl (C=O) groups is 1. The maximum atomic E-state index is 12.8. The first-order valence-electron chi connectivity index (χ1n) is 8.49. The van der Waals surface area contributed by atoms with Crippen LogP contribution in [0.5, 0.6) is 5.75 Å². The van der Waals surface area contributed by atoms with Crippen molar-refractivity contribution in [1.29, 1.82) is 0 Å². The molecule has 0 saturated carbocycles. The second-order valence-corrected chi connectivity index (χ2v) is 6.41. The van der Waals surface area contributed by atoms with E-state index in [4.69, 9.17) is 4.74 Å². The van der Waals surface area contributed by atoms with Crippen molar-refractivity contribution in [3.8, 4) is 5.75 Å². The number of hydrogen-bond donors (Lipinski definition) is 1. The molecule has 1 N–H and O–H groups in total. The number of rotatable bonds is 6. The molecule has 1 unspecified atom stereocenters. The fourth-order valence-electron chi connectivity index (χ4n) is 3.09. The summed E-state index contributed by atoms with van der Waals surface area (Å²) in [5.41, 5.74) is 1.94. The van der Waals surface area contributed by atoms with Crippen molar-refractivity contribution in [1.82, 2.24) is 20.0 Å².